The van der Waals surface area contributed by atoms with Crippen molar-refractivity contribution in [3.63, 3.8) is 0 Å². The lowest BCUT2D eigenvalue weighted by Crippen LogP contribution is -2.04. The molecule has 0 amide bonds. The first kappa shape index (κ1) is 12.4. The molecule has 3 nitrogen and oxygen atoms in total. The molecule has 6 heteroatoms. The Morgan fingerprint density at radius 3 is 2.27 bits per heavy atom. The Bertz CT molecular complexity index is 356. The van der Waals surface area contributed by atoms with Crippen molar-refractivity contribution in [2.45, 2.75) is 6.42 Å². The van der Waals surface area contributed by atoms with E-state index in [0.717, 1.165) is 0 Å². The molecule has 0 saturated heterocycles. The molecule has 15 heavy (non-hydrogen) atoms. The van der Waals surface area contributed by atoms with Gasteiger partial charge in [-0.25, -0.2) is 0 Å². The van der Waals surface area contributed by atoms with Crippen molar-refractivity contribution in [3.05, 3.63) is 27.2 Å². The topological polar surface area (TPSA) is 46.5 Å². The molecule has 0 aromatic heterocycles. The monoisotopic (exact) mass is 268 g/mol. The molecule has 0 heterocycles. The van der Waals surface area contributed by atoms with Crippen LogP contribution in [0.3, 0.4) is 0 Å². The number of carboxylic acids is 1. The number of benzene rings is 1. The predicted octanol–water partition coefficient (Wildman–Crippen LogP) is 3.50. The second kappa shape index (κ2) is 5.45. The first-order chi connectivity index (χ1) is 7.00. The van der Waals surface area contributed by atoms with Gasteiger partial charge in [0.25, 0.3) is 0 Å². The van der Waals surface area contributed by atoms with Gasteiger partial charge >= 0.3 is 5.97 Å². The average molecular weight is 270 g/mol. The molecule has 1 aromatic rings. The van der Waals surface area contributed by atoms with Gasteiger partial charge in [-0.05, 0) is 0 Å². The molecule has 1 rings (SSSR count). The van der Waals surface area contributed by atoms with Crippen molar-refractivity contribution in [1.29, 1.82) is 0 Å². The van der Waals surface area contributed by atoms with Crippen molar-refractivity contribution in [2.75, 3.05) is 6.61 Å². The number of hydrogen-bond donors (Lipinski definition) is 1. The molecular weight excluding hydrogens is 262 g/mol. The minimum absolute atomic E-state index is 0.0592. The van der Waals surface area contributed by atoms with E-state index in [-0.39, 0.29) is 28.1 Å². The Balaban J connectivity index is 2.66. The summed E-state index contributed by atoms with van der Waals surface area (Å²) >= 11 is 17.2. The van der Waals surface area contributed by atoms with E-state index in [2.05, 4.69) is 0 Å². The van der Waals surface area contributed by atoms with Crippen LogP contribution in [0.1, 0.15) is 6.42 Å². The van der Waals surface area contributed by atoms with Crippen LogP contribution in [-0.2, 0) is 4.79 Å². The summed E-state index contributed by atoms with van der Waals surface area (Å²) in [5, 5.41) is 9.19. The lowest BCUT2D eigenvalue weighted by atomic mass is 10.3. The summed E-state index contributed by atoms with van der Waals surface area (Å²) < 4.78 is 5.13. The number of halogens is 3. The quantitative estimate of drug-likeness (QED) is 0.851. The van der Waals surface area contributed by atoms with Crippen molar-refractivity contribution in [1.82, 2.24) is 0 Å². The highest BCUT2D eigenvalue weighted by atomic mass is 35.5. The van der Waals surface area contributed by atoms with Crippen LogP contribution in [0.5, 0.6) is 5.75 Å². The summed E-state index contributed by atoms with van der Waals surface area (Å²) in [6, 6.07) is 2.97. The second-order valence-corrected chi connectivity index (χ2v) is 3.89. The summed E-state index contributed by atoms with van der Waals surface area (Å²) in [6.45, 7) is 0.0592. The van der Waals surface area contributed by atoms with Crippen LogP contribution < -0.4 is 4.74 Å². The van der Waals surface area contributed by atoms with E-state index in [0.29, 0.717) is 5.75 Å². The van der Waals surface area contributed by atoms with Gasteiger partial charge in [-0.2, -0.15) is 0 Å². The van der Waals surface area contributed by atoms with Crippen molar-refractivity contribution < 1.29 is 14.6 Å². The third-order valence-electron chi connectivity index (χ3n) is 1.54. The highest BCUT2D eigenvalue weighted by Gasteiger charge is 2.07. The molecule has 0 unspecified atom stereocenters. The molecule has 0 saturated carbocycles. The zero-order chi connectivity index (χ0) is 11.4. The summed E-state index contributed by atoms with van der Waals surface area (Å²) in [5.41, 5.74) is 0. The van der Waals surface area contributed by atoms with E-state index in [9.17, 15) is 4.79 Å². The maximum Gasteiger partial charge on any atom is 0.306 e. The van der Waals surface area contributed by atoms with E-state index >= 15 is 0 Å². The number of carboxylic acid groups (broad SMARTS) is 1. The molecule has 1 N–H and O–H groups in total. The lowest BCUT2D eigenvalue weighted by molar-refractivity contribution is -0.137. The molecule has 0 radical (unpaired) electrons. The molecule has 0 aliphatic carbocycles. The zero-order valence-corrected chi connectivity index (χ0v) is 9.73. The molecule has 0 bridgehead atoms. The summed E-state index contributed by atoms with van der Waals surface area (Å²) in [4.78, 5) is 10.2. The van der Waals surface area contributed by atoms with Crippen LogP contribution in [0.15, 0.2) is 12.1 Å². The number of hydrogen-bond acceptors (Lipinski definition) is 2. The average Bonchev–Trinajstić information content (AvgIpc) is 2.13. The van der Waals surface area contributed by atoms with Crippen LogP contribution in [0.2, 0.25) is 15.1 Å². The fourth-order valence-corrected chi connectivity index (χ4v) is 1.45. The van der Waals surface area contributed by atoms with Crippen molar-refractivity contribution in [2.24, 2.45) is 0 Å². The molecule has 0 fully saturated rings. The fourth-order valence-electron chi connectivity index (χ4n) is 0.872. The number of carbonyl (C=O) groups is 1. The fraction of sp³-hybridized carbons (Fsp3) is 0.222. The SMILES string of the molecule is O=C(O)CCOc1cc(Cl)c(Cl)c(Cl)c1. The Labute approximate surface area is 102 Å². The number of ether oxygens (including phenoxy) is 1. The summed E-state index contributed by atoms with van der Waals surface area (Å²) in [5.74, 6) is -0.531. The minimum atomic E-state index is -0.929. The predicted molar refractivity (Wildman–Crippen MR) is 59.2 cm³/mol. The molecule has 1 aromatic carbocycles. The smallest absolute Gasteiger partial charge is 0.306 e. The van der Waals surface area contributed by atoms with Gasteiger partial charge in [-0.1, -0.05) is 34.8 Å². The van der Waals surface area contributed by atoms with Gasteiger partial charge in [-0.3, -0.25) is 4.79 Å². The first-order valence-electron chi connectivity index (χ1n) is 4.00. The van der Waals surface area contributed by atoms with Gasteiger partial charge in [0.1, 0.15) is 5.75 Å². The first-order valence-corrected chi connectivity index (χ1v) is 5.13. The molecule has 0 aliphatic rings. The van der Waals surface area contributed by atoms with Gasteiger partial charge in [0.05, 0.1) is 28.1 Å². The third-order valence-corrected chi connectivity index (χ3v) is 2.74. The van der Waals surface area contributed by atoms with Gasteiger partial charge in [0.2, 0.25) is 0 Å². The number of aliphatic carboxylic acids is 1. The van der Waals surface area contributed by atoms with Gasteiger partial charge in [0, 0.05) is 12.1 Å². The van der Waals surface area contributed by atoms with E-state index < -0.39 is 5.97 Å². The lowest BCUT2D eigenvalue weighted by Gasteiger charge is -2.06. The van der Waals surface area contributed by atoms with E-state index in [1.807, 2.05) is 0 Å². The molecule has 0 atom stereocenters. The second-order valence-electron chi connectivity index (χ2n) is 2.69. The standard InChI is InChI=1S/C9H7Cl3O3/c10-6-3-5(4-7(11)9(6)12)15-2-1-8(13)14/h3-4H,1-2H2,(H,13,14). The van der Waals surface area contributed by atoms with E-state index in [1.54, 1.807) is 0 Å². The molecule has 82 valence electrons. The Morgan fingerprint density at radius 2 is 1.80 bits per heavy atom. The van der Waals surface area contributed by atoms with Gasteiger partial charge < -0.3 is 9.84 Å². The highest BCUT2D eigenvalue weighted by molar-refractivity contribution is 6.48. The van der Waals surface area contributed by atoms with Crippen molar-refractivity contribution in [3.8, 4) is 5.75 Å². The van der Waals surface area contributed by atoms with E-state index in [4.69, 9.17) is 44.6 Å². The van der Waals surface area contributed by atoms with Crippen molar-refractivity contribution >= 4 is 40.8 Å². The maximum absolute atomic E-state index is 10.2. The molecule has 0 spiro atoms. The third kappa shape index (κ3) is 3.78. The summed E-state index contributed by atoms with van der Waals surface area (Å²) in [7, 11) is 0. The van der Waals surface area contributed by atoms with Crippen LogP contribution in [-0.4, -0.2) is 17.7 Å². The van der Waals surface area contributed by atoms with E-state index in [1.165, 1.54) is 12.1 Å². The molecule has 0 aliphatic heterocycles. The van der Waals surface area contributed by atoms with Crippen LogP contribution in [0.25, 0.3) is 0 Å². The van der Waals surface area contributed by atoms with Crippen LogP contribution >= 0.6 is 34.8 Å². The summed E-state index contributed by atoms with van der Waals surface area (Å²) in [6.07, 6.45) is -0.0855. The highest BCUT2D eigenvalue weighted by Crippen LogP contribution is 2.34. The Morgan fingerprint density at radius 1 is 1.27 bits per heavy atom. The zero-order valence-electron chi connectivity index (χ0n) is 7.47. The van der Waals surface area contributed by atoms with Gasteiger partial charge in [0.15, 0.2) is 0 Å². The normalized spacial score (nSPS) is 10.1. The molecular formula is C9H7Cl3O3. The van der Waals surface area contributed by atoms with Crippen LogP contribution in [0, 0.1) is 0 Å². The van der Waals surface area contributed by atoms with Crippen LogP contribution in [0.4, 0.5) is 0 Å². The minimum Gasteiger partial charge on any atom is -0.493 e. The van der Waals surface area contributed by atoms with Gasteiger partial charge in [-0.15, -0.1) is 0 Å². The Hall–Kier alpha value is -0.640. The number of rotatable bonds is 4. The Kier molecular flexibility index (Phi) is 4.51. The largest absolute Gasteiger partial charge is 0.493 e. The maximum atomic E-state index is 10.2.